The number of aliphatic carboxylic acids is 1. The van der Waals surface area contributed by atoms with Crippen LogP contribution < -0.4 is 5.73 Å². The van der Waals surface area contributed by atoms with Gasteiger partial charge in [-0.05, 0) is 0 Å². The van der Waals surface area contributed by atoms with Crippen LogP contribution in [0.25, 0.3) is 0 Å². The van der Waals surface area contributed by atoms with Crippen molar-refractivity contribution in [3.05, 3.63) is 25.6 Å². The van der Waals surface area contributed by atoms with Gasteiger partial charge in [0.2, 0.25) is 0 Å². The van der Waals surface area contributed by atoms with E-state index in [0.29, 0.717) is 0 Å². The number of hydrogen-bond donors (Lipinski definition) is 3. The molecule has 0 fully saturated rings. The van der Waals surface area contributed by atoms with Gasteiger partial charge in [-0.3, -0.25) is 15.1 Å². The first-order valence-corrected chi connectivity index (χ1v) is 3.02. The molecule has 0 aliphatic rings. The van der Waals surface area contributed by atoms with Crippen molar-refractivity contribution >= 4 is 11.9 Å². The molecule has 0 aliphatic heterocycles. The Bertz CT molecular complexity index is 182. The number of carboxylic acid groups (broad SMARTS) is 1. The molecular weight excluding hydrogens is 222 g/mol. The number of guanidine groups is 1. The van der Waals surface area contributed by atoms with Crippen molar-refractivity contribution in [2.75, 3.05) is 0 Å². The minimum Gasteiger partial charge on any atom is -0.481 e. The predicted octanol–water partition coefficient (Wildman–Crippen LogP) is 0.557. The zero-order chi connectivity index (χ0) is 10.1. The summed E-state index contributed by atoms with van der Waals surface area (Å²) in [6.07, 6.45) is 2.82. The number of rotatable bonds is 2. The Morgan fingerprint density at radius 3 is 1.77 bits per heavy atom. The Kier molecular flexibility index (Phi) is 14.6. The van der Waals surface area contributed by atoms with E-state index in [9.17, 15) is 0 Å². The molecule has 0 saturated carbocycles. The summed E-state index contributed by atoms with van der Waals surface area (Å²) in [6.45, 7) is 7.86. The molecule has 0 bridgehead atoms. The SMILES string of the molecule is C=CN(C=C)C(=N)N.CC(=O)O.[Cu]. The van der Waals surface area contributed by atoms with Gasteiger partial charge in [-0.2, -0.15) is 0 Å². The van der Waals surface area contributed by atoms with Crippen LogP contribution in [-0.2, 0) is 21.9 Å². The number of hydrogen-bond acceptors (Lipinski definition) is 2. The van der Waals surface area contributed by atoms with Crippen molar-refractivity contribution in [2.24, 2.45) is 5.73 Å². The number of carbonyl (C=O) groups is 1. The molecule has 0 aromatic heterocycles. The van der Waals surface area contributed by atoms with Gasteiger partial charge in [-0.1, -0.05) is 13.2 Å². The van der Waals surface area contributed by atoms with Gasteiger partial charge in [0.25, 0.3) is 5.97 Å². The standard InChI is InChI=1S/C5H9N3.C2H4O2.Cu/c1-3-8(4-2)5(6)7;1-2(3)4;/h3-4H,1-2H2,(H3,6,7);1H3,(H,3,4);. The van der Waals surface area contributed by atoms with E-state index in [1.54, 1.807) is 0 Å². The fourth-order valence-corrected chi connectivity index (χ4v) is 0.271. The molecule has 5 nitrogen and oxygen atoms in total. The summed E-state index contributed by atoms with van der Waals surface area (Å²) in [4.78, 5) is 10.3. The van der Waals surface area contributed by atoms with E-state index in [2.05, 4.69) is 13.2 Å². The molecule has 0 amide bonds. The van der Waals surface area contributed by atoms with Gasteiger partial charge in [-0.15, -0.1) is 0 Å². The topological polar surface area (TPSA) is 90.4 Å². The third kappa shape index (κ3) is 18.1. The molecule has 0 saturated heterocycles. The average molecular weight is 235 g/mol. The smallest absolute Gasteiger partial charge is 0.300 e. The van der Waals surface area contributed by atoms with E-state index >= 15 is 0 Å². The maximum absolute atomic E-state index is 9.00. The van der Waals surface area contributed by atoms with E-state index in [-0.39, 0.29) is 23.0 Å². The maximum atomic E-state index is 9.00. The molecule has 0 aromatic carbocycles. The summed E-state index contributed by atoms with van der Waals surface area (Å²) < 4.78 is 0. The summed E-state index contributed by atoms with van der Waals surface area (Å²) in [5.74, 6) is -0.907. The van der Waals surface area contributed by atoms with Gasteiger partial charge >= 0.3 is 0 Å². The first-order chi connectivity index (χ1) is 5.45. The Labute approximate surface area is 87.9 Å². The fraction of sp³-hybridized carbons (Fsp3) is 0.143. The van der Waals surface area contributed by atoms with Crippen LogP contribution in [0.15, 0.2) is 25.6 Å². The summed E-state index contributed by atoms with van der Waals surface area (Å²) >= 11 is 0. The van der Waals surface area contributed by atoms with Crippen molar-refractivity contribution in [1.29, 1.82) is 5.41 Å². The summed E-state index contributed by atoms with van der Waals surface area (Å²) in [6, 6.07) is 0. The van der Waals surface area contributed by atoms with Crippen LogP contribution >= 0.6 is 0 Å². The average Bonchev–Trinajstić information content (AvgIpc) is 1.87. The monoisotopic (exact) mass is 234 g/mol. The molecule has 0 aromatic rings. The van der Waals surface area contributed by atoms with Crippen LogP contribution in [0.3, 0.4) is 0 Å². The molecule has 1 radical (unpaired) electrons. The van der Waals surface area contributed by atoms with Crippen LogP contribution in [0.5, 0.6) is 0 Å². The van der Waals surface area contributed by atoms with E-state index in [4.69, 9.17) is 21.0 Å². The largest absolute Gasteiger partial charge is 0.481 e. The molecule has 0 atom stereocenters. The van der Waals surface area contributed by atoms with E-state index in [0.717, 1.165) is 6.92 Å². The van der Waals surface area contributed by atoms with Crippen molar-refractivity contribution in [3.8, 4) is 0 Å². The molecule has 0 spiro atoms. The Morgan fingerprint density at radius 2 is 1.77 bits per heavy atom. The molecule has 0 unspecified atom stereocenters. The van der Waals surface area contributed by atoms with Gasteiger partial charge in [0.05, 0.1) is 0 Å². The van der Waals surface area contributed by atoms with Crippen molar-refractivity contribution < 1.29 is 27.0 Å². The van der Waals surface area contributed by atoms with Gasteiger partial charge in [0, 0.05) is 36.4 Å². The first-order valence-electron chi connectivity index (χ1n) is 3.02. The summed E-state index contributed by atoms with van der Waals surface area (Å²) in [5, 5.41) is 14.2. The van der Waals surface area contributed by atoms with Crippen LogP contribution in [0.1, 0.15) is 6.92 Å². The summed E-state index contributed by atoms with van der Waals surface area (Å²) in [5.41, 5.74) is 5.02. The number of nitrogens with two attached hydrogens (primary N) is 1. The third-order valence-corrected chi connectivity index (χ3v) is 0.672. The zero-order valence-electron chi connectivity index (χ0n) is 7.25. The molecule has 6 heteroatoms. The van der Waals surface area contributed by atoms with E-state index in [1.807, 2.05) is 0 Å². The Balaban J connectivity index is -0.000000173. The number of nitrogens with one attached hydrogen (secondary N) is 1. The predicted molar refractivity (Wildman–Crippen MR) is 47.5 cm³/mol. The van der Waals surface area contributed by atoms with Crippen LogP contribution in [0.2, 0.25) is 0 Å². The number of nitrogens with zero attached hydrogens (tertiary/aromatic N) is 1. The van der Waals surface area contributed by atoms with Crippen molar-refractivity contribution in [3.63, 3.8) is 0 Å². The van der Waals surface area contributed by atoms with Crippen molar-refractivity contribution in [1.82, 2.24) is 4.90 Å². The Hall–Kier alpha value is -1.26. The molecular formula is C7H13CuN3O2. The second-order valence-corrected chi connectivity index (χ2v) is 1.68. The third-order valence-electron chi connectivity index (χ3n) is 0.672. The van der Waals surface area contributed by atoms with Gasteiger partial charge in [0.15, 0.2) is 5.96 Å². The van der Waals surface area contributed by atoms with Gasteiger partial charge < -0.3 is 10.8 Å². The second kappa shape index (κ2) is 10.7. The normalized spacial score (nSPS) is 6.54. The summed E-state index contributed by atoms with van der Waals surface area (Å²) in [7, 11) is 0. The van der Waals surface area contributed by atoms with E-state index < -0.39 is 5.97 Å². The molecule has 0 heterocycles. The molecule has 0 rings (SSSR count). The van der Waals surface area contributed by atoms with Gasteiger partial charge in [-0.25, -0.2) is 0 Å². The maximum Gasteiger partial charge on any atom is 0.300 e. The first kappa shape index (κ1) is 17.7. The quantitative estimate of drug-likeness (QED) is 0.370. The fourth-order valence-electron chi connectivity index (χ4n) is 0.271. The minimum atomic E-state index is -0.833. The van der Waals surface area contributed by atoms with Crippen molar-refractivity contribution in [2.45, 2.75) is 6.92 Å². The van der Waals surface area contributed by atoms with E-state index in [1.165, 1.54) is 17.3 Å². The minimum absolute atomic E-state index is 0. The zero-order valence-corrected chi connectivity index (χ0v) is 8.19. The molecule has 4 N–H and O–H groups in total. The molecule has 79 valence electrons. The number of carboxylic acids is 1. The molecule has 0 aliphatic carbocycles. The van der Waals surface area contributed by atoms with Crippen LogP contribution in [-0.4, -0.2) is 21.9 Å². The molecule has 13 heavy (non-hydrogen) atoms. The Morgan fingerprint density at radius 1 is 1.54 bits per heavy atom. The van der Waals surface area contributed by atoms with Crippen LogP contribution in [0, 0.1) is 5.41 Å². The van der Waals surface area contributed by atoms with Crippen LogP contribution in [0.4, 0.5) is 0 Å². The van der Waals surface area contributed by atoms with Gasteiger partial charge in [0.1, 0.15) is 0 Å². The second-order valence-electron chi connectivity index (χ2n) is 1.68.